The van der Waals surface area contributed by atoms with Crippen molar-refractivity contribution in [1.82, 2.24) is 5.32 Å². The molecular weight excluding hydrogens is 558 g/mol. The lowest BCUT2D eigenvalue weighted by atomic mass is 9.94. The molecule has 1 aromatic rings. The van der Waals surface area contributed by atoms with Crippen molar-refractivity contribution in [2.24, 2.45) is 0 Å². The normalized spacial score (nSPS) is 38.7. The summed E-state index contributed by atoms with van der Waals surface area (Å²) in [6.45, 7) is 9.73. The third-order valence-electron chi connectivity index (χ3n) is 8.45. The summed E-state index contributed by atoms with van der Waals surface area (Å²) < 4.78 is 50.4. The number of carbonyl (C=O) groups excluding carboxylic acids is 1. The van der Waals surface area contributed by atoms with Crippen molar-refractivity contribution in [3.05, 3.63) is 35.9 Å². The van der Waals surface area contributed by atoms with Crippen LogP contribution in [0.2, 0.25) is 0 Å². The number of ether oxygens (including phenoxy) is 8. The van der Waals surface area contributed by atoms with Gasteiger partial charge in [0.2, 0.25) is 5.91 Å². The van der Waals surface area contributed by atoms with Crippen LogP contribution in [0.15, 0.2) is 30.3 Å². The Bertz CT molecular complexity index is 1030. The molecule has 1 aromatic carbocycles. The van der Waals surface area contributed by atoms with Crippen LogP contribution in [0.5, 0.6) is 0 Å². The fraction of sp³-hybridized carbons (Fsp3) is 0.781. The number of amides is 1. The Kier molecular flexibility index (Phi) is 11.1. The lowest BCUT2D eigenvalue weighted by molar-refractivity contribution is -0.372. The Morgan fingerprint density at radius 2 is 1.70 bits per heavy atom. The number of carbonyl (C=O) groups is 1. The van der Waals surface area contributed by atoms with Crippen LogP contribution in [0.4, 0.5) is 0 Å². The maximum Gasteiger partial charge on any atom is 0.217 e. The number of aliphatic hydroxyl groups is 1. The average Bonchev–Trinajstić information content (AvgIpc) is 3.32. The molecule has 11 heteroatoms. The molecule has 11 nitrogen and oxygen atoms in total. The molecule has 4 aliphatic heterocycles. The standard InChI is InChI=1S/C32H49NO10/c1-6-7-8-9-10-14-17-36-30-23(33-20(3)34)26(25-22(39-30)18-37-29(40-25)21-15-12-11-13-16-21)41-31-28-27(24(35)19(2)38-31)42-32(4,5)43-28/h11-13,15-16,19,22-31,35H,6-10,14,17-18H2,1-5H3,(H,33,34)/t19-,22+,23+,24-,25+,26+,27+,28+,29?,30-,31-/m0/s1. The van der Waals surface area contributed by atoms with Gasteiger partial charge in [0.1, 0.15) is 42.7 Å². The maximum absolute atomic E-state index is 12.5. The van der Waals surface area contributed by atoms with Gasteiger partial charge in [0.25, 0.3) is 0 Å². The molecule has 0 radical (unpaired) electrons. The molecule has 4 heterocycles. The number of rotatable bonds is 12. The van der Waals surface area contributed by atoms with Gasteiger partial charge in [0, 0.05) is 19.1 Å². The summed E-state index contributed by atoms with van der Waals surface area (Å²) in [6, 6.07) is 8.94. The summed E-state index contributed by atoms with van der Waals surface area (Å²) in [5.74, 6) is -1.19. The van der Waals surface area contributed by atoms with Crippen LogP contribution in [-0.4, -0.2) is 91.4 Å². The van der Waals surface area contributed by atoms with Crippen LogP contribution in [0, 0.1) is 0 Å². The van der Waals surface area contributed by atoms with E-state index in [9.17, 15) is 9.90 Å². The first-order valence-electron chi connectivity index (χ1n) is 15.9. The fourth-order valence-electron chi connectivity index (χ4n) is 6.32. The Morgan fingerprint density at radius 1 is 0.977 bits per heavy atom. The monoisotopic (exact) mass is 607 g/mol. The number of hydrogen-bond acceptors (Lipinski definition) is 10. The summed E-state index contributed by atoms with van der Waals surface area (Å²) in [5.41, 5.74) is 0.859. The second-order valence-electron chi connectivity index (χ2n) is 12.5. The zero-order valence-corrected chi connectivity index (χ0v) is 26.0. The van der Waals surface area contributed by atoms with E-state index in [1.54, 1.807) is 20.8 Å². The molecule has 11 atom stereocenters. The van der Waals surface area contributed by atoms with Gasteiger partial charge < -0.3 is 48.3 Å². The van der Waals surface area contributed by atoms with Crippen LogP contribution >= 0.6 is 0 Å². The van der Waals surface area contributed by atoms with Crippen LogP contribution in [-0.2, 0) is 42.7 Å². The second kappa shape index (κ2) is 14.6. The molecule has 0 saturated carbocycles. The van der Waals surface area contributed by atoms with Crippen molar-refractivity contribution >= 4 is 5.91 Å². The minimum atomic E-state index is -0.934. The Morgan fingerprint density at radius 3 is 2.44 bits per heavy atom. The van der Waals surface area contributed by atoms with E-state index in [4.69, 9.17) is 37.9 Å². The largest absolute Gasteiger partial charge is 0.388 e. The topological polar surface area (TPSA) is 123 Å². The van der Waals surface area contributed by atoms with E-state index in [1.807, 2.05) is 30.3 Å². The molecule has 5 rings (SSSR count). The zero-order chi connectivity index (χ0) is 30.6. The fourth-order valence-corrected chi connectivity index (χ4v) is 6.32. The number of benzene rings is 1. The van der Waals surface area contributed by atoms with Crippen molar-refractivity contribution < 1.29 is 47.8 Å². The summed E-state index contributed by atoms with van der Waals surface area (Å²) in [6.07, 6.45) is -0.370. The number of nitrogens with one attached hydrogen (secondary N) is 1. The molecule has 43 heavy (non-hydrogen) atoms. The molecule has 242 valence electrons. The van der Waals surface area contributed by atoms with Gasteiger partial charge in [-0.1, -0.05) is 69.4 Å². The first-order valence-corrected chi connectivity index (χ1v) is 15.9. The highest BCUT2D eigenvalue weighted by Gasteiger charge is 2.58. The van der Waals surface area contributed by atoms with E-state index in [0.29, 0.717) is 6.61 Å². The predicted molar refractivity (Wildman–Crippen MR) is 155 cm³/mol. The number of hydrogen-bond donors (Lipinski definition) is 2. The molecule has 0 aliphatic carbocycles. The van der Waals surface area contributed by atoms with Crippen molar-refractivity contribution in [2.45, 2.75) is 147 Å². The highest BCUT2D eigenvalue weighted by Crippen LogP contribution is 2.41. The molecular formula is C32H49NO10. The highest BCUT2D eigenvalue weighted by atomic mass is 16.8. The minimum Gasteiger partial charge on any atom is -0.388 e. The van der Waals surface area contributed by atoms with Gasteiger partial charge in [0.15, 0.2) is 24.7 Å². The summed E-state index contributed by atoms with van der Waals surface area (Å²) >= 11 is 0. The van der Waals surface area contributed by atoms with Crippen molar-refractivity contribution in [3.63, 3.8) is 0 Å². The highest BCUT2D eigenvalue weighted by molar-refractivity contribution is 5.73. The summed E-state index contributed by atoms with van der Waals surface area (Å²) in [4.78, 5) is 12.5. The van der Waals surface area contributed by atoms with Gasteiger partial charge >= 0.3 is 0 Å². The van der Waals surface area contributed by atoms with Crippen LogP contribution in [0.25, 0.3) is 0 Å². The number of fused-ring (bicyclic) bond motifs is 2. The molecule has 4 saturated heterocycles. The van der Waals surface area contributed by atoms with E-state index in [0.717, 1.165) is 24.8 Å². The minimum absolute atomic E-state index is 0.243. The average molecular weight is 608 g/mol. The molecule has 4 fully saturated rings. The second-order valence-corrected chi connectivity index (χ2v) is 12.5. The quantitative estimate of drug-likeness (QED) is 0.340. The molecule has 2 N–H and O–H groups in total. The van der Waals surface area contributed by atoms with Gasteiger partial charge in [-0.05, 0) is 27.2 Å². The first kappa shape index (κ1) is 32.7. The zero-order valence-electron chi connectivity index (χ0n) is 26.0. The van der Waals surface area contributed by atoms with Gasteiger partial charge in [-0.3, -0.25) is 4.79 Å². The van der Waals surface area contributed by atoms with Gasteiger partial charge in [-0.25, -0.2) is 0 Å². The lowest BCUT2D eigenvalue weighted by Gasteiger charge is -2.50. The van der Waals surface area contributed by atoms with Crippen LogP contribution < -0.4 is 5.32 Å². The molecule has 0 bridgehead atoms. The first-order chi connectivity index (χ1) is 20.7. The van der Waals surface area contributed by atoms with Gasteiger partial charge in [-0.2, -0.15) is 0 Å². The number of aliphatic hydroxyl groups excluding tert-OH is 1. The van der Waals surface area contributed by atoms with E-state index in [2.05, 4.69) is 12.2 Å². The van der Waals surface area contributed by atoms with Crippen LogP contribution in [0.3, 0.4) is 0 Å². The molecule has 1 unspecified atom stereocenters. The SMILES string of the molecule is CCCCCCCCO[C@H]1O[C@@H]2COC(c3ccccc3)O[C@H]2[C@H](O[C@@H]2O[C@@H](C)[C@H](O)[C@H]3OC(C)(C)O[C@@H]23)[C@H]1NC(C)=O. The lowest BCUT2D eigenvalue weighted by Crippen LogP contribution is -2.69. The maximum atomic E-state index is 12.5. The van der Waals surface area contributed by atoms with E-state index in [-0.39, 0.29) is 12.5 Å². The van der Waals surface area contributed by atoms with Gasteiger partial charge in [0.05, 0.1) is 12.7 Å². The van der Waals surface area contributed by atoms with Crippen molar-refractivity contribution in [1.29, 1.82) is 0 Å². The Labute approximate surface area is 254 Å². The molecule has 1 amide bonds. The smallest absolute Gasteiger partial charge is 0.217 e. The van der Waals surface area contributed by atoms with Crippen LogP contribution in [0.1, 0.15) is 85.0 Å². The van der Waals surface area contributed by atoms with Gasteiger partial charge in [-0.15, -0.1) is 0 Å². The van der Waals surface area contributed by atoms with Crippen molar-refractivity contribution in [2.75, 3.05) is 13.2 Å². The Hall–Kier alpha value is -1.67. The van der Waals surface area contributed by atoms with E-state index >= 15 is 0 Å². The Balaban J connectivity index is 1.38. The van der Waals surface area contributed by atoms with E-state index in [1.165, 1.54) is 26.2 Å². The summed E-state index contributed by atoms with van der Waals surface area (Å²) in [5, 5.41) is 13.8. The third kappa shape index (κ3) is 7.95. The number of unbranched alkanes of at least 4 members (excludes halogenated alkanes) is 5. The third-order valence-corrected chi connectivity index (χ3v) is 8.45. The molecule has 4 aliphatic rings. The molecule has 0 aromatic heterocycles. The van der Waals surface area contributed by atoms with Crippen molar-refractivity contribution in [3.8, 4) is 0 Å². The van der Waals surface area contributed by atoms with E-state index < -0.39 is 73.4 Å². The summed E-state index contributed by atoms with van der Waals surface area (Å²) in [7, 11) is 0. The predicted octanol–water partition coefficient (Wildman–Crippen LogP) is 3.72. The molecule has 0 spiro atoms.